The summed E-state index contributed by atoms with van der Waals surface area (Å²) in [6, 6.07) is 2.20. The highest BCUT2D eigenvalue weighted by atomic mass is 35.5. The van der Waals surface area contributed by atoms with E-state index in [1.54, 1.807) is 4.90 Å². The zero-order chi connectivity index (χ0) is 17.0. The number of hydrogen-bond donors (Lipinski definition) is 1. The molecule has 0 aromatic carbocycles. The van der Waals surface area contributed by atoms with Gasteiger partial charge in [0.25, 0.3) is 10.0 Å². The van der Waals surface area contributed by atoms with Crippen LogP contribution in [-0.4, -0.2) is 51.6 Å². The minimum atomic E-state index is -3.76. The minimum Gasteiger partial charge on any atom is -0.378 e. The van der Waals surface area contributed by atoms with E-state index in [0.717, 1.165) is 11.3 Å². The molecule has 130 valence electrons. The van der Waals surface area contributed by atoms with Crippen molar-refractivity contribution in [3.63, 3.8) is 0 Å². The Labute approximate surface area is 145 Å². The summed E-state index contributed by atoms with van der Waals surface area (Å²) in [5.74, 6) is -0.0205. The van der Waals surface area contributed by atoms with Crippen LogP contribution in [0.1, 0.15) is 20.3 Å². The van der Waals surface area contributed by atoms with Gasteiger partial charge in [0.1, 0.15) is 10.3 Å². The molecular weight excluding hydrogens is 360 g/mol. The summed E-state index contributed by atoms with van der Waals surface area (Å²) in [7, 11) is -3.76. The van der Waals surface area contributed by atoms with Crippen molar-refractivity contribution in [3.8, 4) is 0 Å². The van der Waals surface area contributed by atoms with E-state index in [0.29, 0.717) is 37.1 Å². The number of amides is 1. The van der Waals surface area contributed by atoms with Crippen LogP contribution in [0.2, 0.25) is 4.34 Å². The predicted octanol–water partition coefficient (Wildman–Crippen LogP) is 1.95. The van der Waals surface area contributed by atoms with Crippen LogP contribution in [0, 0.1) is 5.92 Å². The summed E-state index contributed by atoms with van der Waals surface area (Å²) in [5.41, 5.74) is 0. The minimum absolute atomic E-state index is 0.117. The zero-order valence-corrected chi connectivity index (χ0v) is 15.5. The Morgan fingerprint density at radius 1 is 1.39 bits per heavy atom. The third-order valence-electron chi connectivity index (χ3n) is 3.44. The Hall–Kier alpha value is -0.670. The number of morpholine rings is 1. The van der Waals surface area contributed by atoms with E-state index in [-0.39, 0.29) is 16.0 Å². The number of thiophene rings is 1. The second kappa shape index (κ2) is 7.94. The normalized spacial score (nSPS) is 17.5. The molecule has 6 nitrogen and oxygen atoms in total. The van der Waals surface area contributed by atoms with Gasteiger partial charge < -0.3 is 9.64 Å². The fourth-order valence-electron chi connectivity index (χ4n) is 2.36. The van der Waals surface area contributed by atoms with Gasteiger partial charge in [-0.3, -0.25) is 4.79 Å². The van der Waals surface area contributed by atoms with Gasteiger partial charge >= 0.3 is 0 Å². The van der Waals surface area contributed by atoms with E-state index in [2.05, 4.69) is 4.72 Å². The van der Waals surface area contributed by atoms with Crippen LogP contribution in [0.3, 0.4) is 0 Å². The van der Waals surface area contributed by atoms with Gasteiger partial charge in [0.05, 0.1) is 17.6 Å². The van der Waals surface area contributed by atoms with Crippen LogP contribution < -0.4 is 4.72 Å². The standard InChI is InChI=1S/C14H21ClN2O4S2/c1-10(2)9-11(14(18)17-5-7-21-8-6-17)16-23(19,20)13-4-3-12(15)22-13/h3-4,10-11,16H,5-9H2,1-2H3/t11-/m1/s1. The molecule has 1 aliphatic heterocycles. The number of sulfonamides is 1. The average Bonchev–Trinajstić information content (AvgIpc) is 2.93. The molecule has 1 fully saturated rings. The van der Waals surface area contributed by atoms with Crippen molar-refractivity contribution in [2.24, 2.45) is 5.92 Å². The third-order valence-corrected chi connectivity index (χ3v) is 6.63. The molecular formula is C14H21ClN2O4S2. The zero-order valence-electron chi connectivity index (χ0n) is 13.1. The lowest BCUT2D eigenvalue weighted by molar-refractivity contribution is -0.137. The molecule has 1 amide bonds. The van der Waals surface area contributed by atoms with Crippen molar-refractivity contribution >= 4 is 38.9 Å². The average molecular weight is 381 g/mol. The van der Waals surface area contributed by atoms with Gasteiger partial charge in [-0.25, -0.2) is 8.42 Å². The fourth-order valence-corrected chi connectivity index (χ4v) is 5.06. The van der Waals surface area contributed by atoms with Gasteiger partial charge in [-0.2, -0.15) is 4.72 Å². The van der Waals surface area contributed by atoms with Crippen LogP contribution in [0.4, 0.5) is 0 Å². The number of ether oxygens (including phenoxy) is 1. The van der Waals surface area contributed by atoms with Gasteiger partial charge in [0.15, 0.2) is 0 Å². The quantitative estimate of drug-likeness (QED) is 0.818. The number of hydrogen-bond acceptors (Lipinski definition) is 5. The summed E-state index contributed by atoms with van der Waals surface area (Å²) >= 11 is 6.78. The van der Waals surface area contributed by atoms with Gasteiger partial charge in [0.2, 0.25) is 5.91 Å². The maximum Gasteiger partial charge on any atom is 0.250 e. The lowest BCUT2D eigenvalue weighted by atomic mass is 10.0. The highest BCUT2D eigenvalue weighted by Crippen LogP contribution is 2.26. The van der Waals surface area contributed by atoms with Crippen LogP contribution in [0.5, 0.6) is 0 Å². The van der Waals surface area contributed by atoms with E-state index in [1.165, 1.54) is 12.1 Å². The Morgan fingerprint density at radius 2 is 2.04 bits per heavy atom. The Balaban J connectivity index is 2.16. The van der Waals surface area contributed by atoms with E-state index < -0.39 is 16.1 Å². The topological polar surface area (TPSA) is 75.7 Å². The molecule has 0 saturated carbocycles. The molecule has 1 saturated heterocycles. The van der Waals surface area contributed by atoms with Gasteiger partial charge in [0, 0.05) is 13.1 Å². The molecule has 0 radical (unpaired) electrons. The van der Waals surface area contributed by atoms with Crippen molar-refractivity contribution < 1.29 is 17.9 Å². The molecule has 2 heterocycles. The fraction of sp³-hybridized carbons (Fsp3) is 0.643. The molecule has 9 heteroatoms. The van der Waals surface area contributed by atoms with Crippen molar-refractivity contribution in [2.75, 3.05) is 26.3 Å². The second-order valence-electron chi connectivity index (χ2n) is 5.80. The maximum absolute atomic E-state index is 12.7. The van der Waals surface area contributed by atoms with Gasteiger partial charge in [-0.1, -0.05) is 25.4 Å². The summed E-state index contributed by atoms with van der Waals surface area (Å²) in [4.78, 5) is 14.3. The first kappa shape index (κ1) is 18.7. The van der Waals surface area contributed by atoms with Crippen molar-refractivity contribution in [1.29, 1.82) is 0 Å². The number of rotatable bonds is 6. The molecule has 1 N–H and O–H groups in total. The lowest BCUT2D eigenvalue weighted by Gasteiger charge is -2.31. The van der Waals surface area contributed by atoms with E-state index >= 15 is 0 Å². The van der Waals surface area contributed by atoms with Crippen LogP contribution >= 0.6 is 22.9 Å². The summed E-state index contributed by atoms with van der Waals surface area (Å²) in [6.07, 6.45) is 0.439. The Bertz CT molecular complexity index is 639. The number of nitrogens with zero attached hydrogens (tertiary/aromatic N) is 1. The summed E-state index contributed by atoms with van der Waals surface area (Å²) < 4.78 is 33.2. The SMILES string of the molecule is CC(C)C[C@@H](NS(=O)(=O)c1ccc(Cl)s1)C(=O)N1CCOCC1. The van der Waals surface area contributed by atoms with Crippen molar-refractivity contribution in [1.82, 2.24) is 9.62 Å². The summed E-state index contributed by atoms with van der Waals surface area (Å²) in [5, 5.41) is 0. The van der Waals surface area contributed by atoms with E-state index in [1.807, 2.05) is 13.8 Å². The van der Waals surface area contributed by atoms with E-state index in [4.69, 9.17) is 16.3 Å². The first-order valence-corrected chi connectivity index (χ1v) is 10.1. The molecule has 1 aromatic rings. The first-order valence-electron chi connectivity index (χ1n) is 7.44. The van der Waals surface area contributed by atoms with Gasteiger partial charge in [-0.15, -0.1) is 11.3 Å². The number of nitrogens with one attached hydrogen (secondary N) is 1. The van der Waals surface area contributed by atoms with E-state index in [9.17, 15) is 13.2 Å². The molecule has 0 aliphatic carbocycles. The monoisotopic (exact) mass is 380 g/mol. The molecule has 23 heavy (non-hydrogen) atoms. The van der Waals surface area contributed by atoms with Crippen molar-refractivity contribution in [2.45, 2.75) is 30.5 Å². The van der Waals surface area contributed by atoms with Crippen LogP contribution in [-0.2, 0) is 19.6 Å². The highest BCUT2D eigenvalue weighted by Gasteiger charge is 2.31. The number of halogens is 1. The lowest BCUT2D eigenvalue weighted by Crippen LogP contribution is -2.52. The Morgan fingerprint density at radius 3 is 2.57 bits per heavy atom. The molecule has 0 unspecified atom stereocenters. The third kappa shape index (κ3) is 5.15. The first-order chi connectivity index (χ1) is 10.8. The Kier molecular flexibility index (Phi) is 6.44. The molecule has 1 aromatic heterocycles. The van der Waals surface area contributed by atoms with Gasteiger partial charge in [-0.05, 0) is 24.5 Å². The molecule has 0 spiro atoms. The molecule has 0 bridgehead atoms. The number of carbonyl (C=O) groups is 1. The smallest absolute Gasteiger partial charge is 0.250 e. The predicted molar refractivity (Wildman–Crippen MR) is 90.3 cm³/mol. The molecule has 1 aliphatic rings. The largest absolute Gasteiger partial charge is 0.378 e. The summed E-state index contributed by atoms with van der Waals surface area (Å²) in [6.45, 7) is 5.84. The van der Waals surface area contributed by atoms with Crippen LogP contribution in [0.25, 0.3) is 0 Å². The second-order valence-corrected chi connectivity index (χ2v) is 9.46. The maximum atomic E-state index is 12.7. The molecule has 2 rings (SSSR count). The van der Waals surface area contributed by atoms with Crippen molar-refractivity contribution in [3.05, 3.63) is 16.5 Å². The molecule has 1 atom stereocenters. The highest BCUT2D eigenvalue weighted by molar-refractivity contribution is 7.91. The van der Waals surface area contributed by atoms with Crippen LogP contribution in [0.15, 0.2) is 16.3 Å². The number of carbonyl (C=O) groups excluding carboxylic acids is 1.